The molecule has 3 rings (SSSR count). The molecule has 0 aliphatic rings. The Morgan fingerprint density at radius 2 is 1.82 bits per heavy atom. The van der Waals surface area contributed by atoms with Crippen molar-refractivity contribution < 1.29 is 28.5 Å². The van der Waals surface area contributed by atoms with Crippen LogP contribution in [-0.4, -0.2) is 71.5 Å². The molecule has 0 fully saturated rings. The zero-order chi connectivity index (χ0) is 28.8. The number of aromatic nitrogens is 2. The molecular formula is C28H38BrN3O6S. The number of esters is 1. The summed E-state index contributed by atoms with van der Waals surface area (Å²) in [5.74, 6) is 1.75. The van der Waals surface area contributed by atoms with Crippen LogP contribution >= 0.6 is 26.0 Å². The van der Waals surface area contributed by atoms with E-state index in [1.165, 1.54) is 7.11 Å². The molecule has 3 aromatic rings. The lowest BCUT2D eigenvalue weighted by atomic mass is 10.1. The molecule has 1 N–H and O–H groups in total. The van der Waals surface area contributed by atoms with E-state index >= 15 is 0 Å². The molecule has 2 heterocycles. The third-order valence-electron chi connectivity index (χ3n) is 5.51. The number of benzene rings is 1. The van der Waals surface area contributed by atoms with E-state index in [0.717, 1.165) is 26.8 Å². The minimum Gasteiger partial charge on any atom is -0.467 e. The van der Waals surface area contributed by atoms with Crippen LogP contribution < -0.4 is 10.1 Å². The molecule has 2 aromatic heterocycles. The number of amides is 1. The first kappa shape index (κ1) is 30.8. The van der Waals surface area contributed by atoms with Crippen molar-refractivity contribution in [3.8, 4) is 11.5 Å². The van der Waals surface area contributed by atoms with E-state index in [1.54, 1.807) is 27.0 Å². The molecule has 0 aliphatic heterocycles. The molecule has 0 radical (unpaired) electrons. The molecule has 11 heteroatoms. The summed E-state index contributed by atoms with van der Waals surface area (Å²) < 4.78 is 25.1. The van der Waals surface area contributed by atoms with E-state index < -0.39 is 33.7 Å². The highest BCUT2D eigenvalue weighted by atomic mass is 79.9. The van der Waals surface area contributed by atoms with Crippen LogP contribution in [0.25, 0.3) is 11.0 Å². The Morgan fingerprint density at radius 3 is 2.44 bits per heavy atom. The molecule has 39 heavy (non-hydrogen) atoms. The van der Waals surface area contributed by atoms with Gasteiger partial charge < -0.3 is 28.8 Å². The van der Waals surface area contributed by atoms with Crippen molar-refractivity contribution in [3.05, 3.63) is 52.8 Å². The number of pyridine rings is 1. The van der Waals surface area contributed by atoms with Crippen LogP contribution in [0.15, 0.2) is 47.2 Å². The van der Waals surface area contributed by atoms with Crippen LogP contribution in [0.1, 0.15) is 26.3 Å². The van der Waals surface area contributed by atoms with E-state index in [2.05, 4.69) is 45.0 Å². The molecular weight excluding hydrogens is 586 g/mol. The quantitative estimate of drug-likeness (QED) is 0.211. The topological polar surface area (TPSA) is 101 Å². The van der Waals surface area contributed by atoms with Gasteiger partial charge in [-0.2, -0.15) is 0 Å². The number of fused-ring (bicyclic) bond motifs is 1. The van der Waals surface area contributed by atoms with Crippen molar-refractivity contribution >= 4 is 49.1 Å². The van der Waals surface area contributed by atoms with E-state index in [-0.39, 0.29) is 6.42 Å². The van der Waals surface area contributed by atoms with Gasteiger partial charge in [-0.15, -0.1) is 0 Å². The van der Waals surface area contributed by atoms with Crippen LogP contribution in [0.4, 0.5) is 4.79 Å². The average molecular weight is 625 g/mol. The van der Waals surface area contributed by atoms with Crippen molar-refractivity contribution in [2.45, 2.75) is 45.6 Å². The summed E-state index contributed by atoms with van der Waals surface area (Å²) in [7, 11) is 0.669. The van der Waals surface area contributed by atoms with Crippen molar-refractivity contribution in [2.75, 3.05) is 38.2 Å². The number of rotatable bonds is 11. The highest BCUT2D eigenvalue weighted by Crippen LogP contribution is 2.36. The number of ether oxygens (including phenoxy) is 4. The van der Waals surface area contributed by atoms with Gasteiger partial charge in [0.05, 0.1) is 19.1 Å². The van der Waals surface area contributed by atoms with Crippen LogP contribution in [0.5, 0.6) is 11.5 Å². The monoisotopic (exact) mass is 623 g/mol. The zero-order valence-corrected chi connectivity index (χ0v) is 26.0. The molecule has 0 bridgehead atoms. The third kappa shape index (κ3) is 9.44. The summed E-state index contributed by atoms with van der Waals surface area (Å²) in [5, 5.41) is 3.44. The minimum atomic E-state index is -0.890. The van der Waals surface area contributed by atoms with E-state index in [4.69, 9.17) is 18.9 Å². The second kappa shape index (κ2) is 13.1. The molecule has 0 saturated carbocycles. The Bertz CT molecular complexity index is 1280. The van der Waals surface area contributed by atoms with E-state index in [0.29, 0.717) is 24.8 Å². The van der Waals surface area contributed by atoms with Crippen molar-refractivity contribution in [2.24, 2.45) is 0 Å². The van der Waals surface area contributed by atoms with Crippen LogP contribution in [0.3, 0.4) is 0 Å². The average Bonchev–Trinajstić information content (AvgIpc) is 3.16. The fraction of sp³-hybridized carbons (Fsp3) is 0.464. The molecule has 214 valence electrons. The van der Waals surface area contributed by atoms with Crippen molar-refractivity contribution in [3.63, 3.8) is 0 Å². The molecule has 0 aliphatic carbocycles. The Kier molecular flexibility index (Phi) is 10.3. The highest BCUT2D eigenvalue weighted by Gasteiger charge is 2.25. The summed E-state index contributed by atoms with van der Waals surface area (Å²) in [5.41, 5.74) is 0.890. The Labute approximate surface area is 240 Å². The molecule has 0 unspecified atom stereocenters. The van der Waals surface area contributed by atoms with Gasteiger partial charge in [-0.05, 0) is 79.2 Å². The lowest BCUT2D eigenvalue weighted by Gasteiger charge is -2.24. The fourth-order valence-electron chi connectivity index (χ4n) is 3.64. The lowest BCUT2D eigenvalue weighted by molar-refractivity contribution is -0.143. The minimum absolute atomic E-state index is 0.233. The molecule has 0 saturated heterocycles. The number of hydrogen-bond acceptors (Lipinski definition) is 7. The maximum Gasteiger partial charge on any atom is 0.408 e. The van der Waals surface area contributed by atoms with Gasteiger partial charge in [0.25, 0.3) is 0 Å². The van der Waals surface area contributed by atoms with Gasteiger partial charge in [0.2, 0.25) is 0 Å². The Balaban J connectivity index is 1.70. The molecule has 9 nitrogen and oxygen atoms in total. The molecule has 1 aromatic carbocycles. The molecule has 1 amide bonds. The number of nitrogens with one attached hydrogen (secondary N) is 1. The first-order valence-electron chi connectivity index (χ1n) is 12.5. The SMILES string of the molecule is COC(=O)[C@H](Cc1ccc(Oc2ccnc3c2c(Br)cn3COCCS(C)(C)C)cc1)NC(=O)OC(C)(C)C. The summed E-state index contributed by atoms with van der Waals surface area (Å²) >= 11 is 3.64. The summed E-state index contributed by atoms with van der Waals surface area (Å²) in [6, 6.07) is 8.22. The van der Waals surface area contributed by atoms with Gasteiger partial charge >= 0.3 is 12.1 Å². The Morgan fingerprint density at radius 1 is 1.13 bits per heavy atom. The van der Waals surface area contributed by atoms with Crippen LogP contribution in [-0.2, 0) is 32.2 Å². The predicted octanol–water partition coefficient (Wildman–Crippen LogP) is 5.87. The standard InChI is InChI=1S/C28H38BrN3O6S/c1-28(2,3)38-27(34)31-22(26(33)35-4)16-19-8-10-20(11-9-19)37-23-12-13-30-25-24(23)21(29)17-32(25)18-36-14-15-39(5,6)7/h8-13,17,22H,14-16,18H2,1-7H3,(H,31,34)/t22-/m0/s1. The maximum atomic E-state index is 12.3. The second-order valence-corrected chi connectivity index (χ2v) is 16.4. The number of alkyl carbamates (subject to hydrolysis) is 1. The molecule has 0 spiro atoms. The normalized spacial score (nSPS) is 13.1. The van der Waals surface area contributed by atoms with Crippen LogP contribution in [0, 0.1) is 0 Å². The van der Waals surface area contributed by atoms with Gasteiger partial charge in [-0.1, -0.05) is 12.1 Å². The van der Waals surface area contributed by atoms with Gasteiger partial charge in [-0.3, -0.25) is 0 Å². The molecule has 1 atom stereocenters. The van der Waals surface area contributed by atoms with E-state index in [1.807, 2.05) is 41.1 Å². The van der Waals surface area contributed by atoms with Gasteiger partial charge in [0.15, 0.2) is 0 Å². The number of carbonyl (C=O) groups is 2. The maximum absolute atomic E-state index is 12.3. The highest BCUT2D eigenvalue weighted by molar-refractivity contribution is 9.10. The fourth-order valence-corrected chi connectivity index (χ4v) is 4.87. The number of nitrogens with zero attached hydrogens (tertiary/aromatic N) is 2. The predicted molar refractivity (Wildman–Crippen MR) is 159 cm³/mol. The first-order chi connectivity index (χ1) is 18.3. The lowest BCUT2D eigenvalue weighted by Crippen LogP contribution is -2.45. The van der Waals surface area contributed by atoms with Gasteiger partial charge in [-0.25, -0.2) is 24.6 Å². The Hall–Kier alpha value is -2.76. The van der Waals surface area contributed by atoms with E-state index in [9.17, 15) is 9.59 Å². The largest absolute Gasteiger partial charge is 0.467 e. The third-order valence-corrected chi connectivity index (χ3v) is 7.50. The summed E-state index contributed by atoms with van der Waals surface area (Å²) in [6.45, 7) is 6.37. The first-order valence-corrected chi connectivity index (χ1v) is 16.3. The summed E-state index contributed by atoms with van der Waals surface area (Å²) in [6.07, 6.45) is 10.0. The smallest absolute Gasteiger partial charge is 0.408 e. The van der Waals surface area contributed by atoms with Gasteiger partial charge in [0.1, 0.15) is 35.5 Å². The summed E-state index contributed by atoms with van der Waals surface area (Å²) in [4.78, 5) is 29.0. The second-order valence-electron chi connectivity index (χ2n) is 11.0. The number of halogens is 1. The van der Waals surface area contributed by atoms with Crippen LogP contribution in [0.2, 0.25) is 0 Å². The van der Waals surface area contributed by atoms with Crippen molar-refractivity contribution in [1.82, 2.24) is 14.9 Å². The number of hydrogen-bond donors (Lipinski definition) is 1. The number of methoxy groups -OCH3 is 1. The number of carbonyl (C=O) groups excluding carboxylic acids is 2. The van der Waals surface area contributed by atoms with Gasteiger partial charge in [0, 0.05) is 29.0 Å². The van der Waals surface area contributed by atoms with Crippen molar-refractivity contribution in [1.29, 1.82) is 0 Å². The zero-order valence-electron chi connectivity index (χ0n) is 23.6.